The van der Waals surface area contributed by atoms with Crippen LogP contribution in [-0.2, 0) is 11.3 Å². The Morgan fingerprint density at radius 2 is 1.93 bits per heavy atom. The molecule has 1 saturated heterocycles. The van der Waals surface area contributed by atoms with Crippen LogP contribution in [-0.4, -0.2) is 42.0 Å². The van der Waals surface area contributed by atoms with Crippen molar-refractivity contribution in [2.24, 2.45) is 0 Å². The Balaban J connectivity index is 1.49. The van der Waals surface area contributed by atoms with Gasteiger partial charge in [-0.05, 0) is 42.0 Å². The van der Waals surface area contributed by atoms with Gasteiger partial charge in [0.25, 0.3) is 5.91 Å². The Bertz CT molecular complexity index is 936. The van der Waals surface area contributed by atoms with Crippen LogP contribution in [0.1, 0.15) is 15.9 Å². The van der Waals surface area contributed by atoms with Crippen molar-refractivity contribution >= 4 is 28.9 Å². The van der Waals surface area contributed by atoms with E-state index in [-0.39, 0.29) is 5.91 Å². The van der Waals surface area contributed by atoms with Crippen LogP contribution < -0.4 is 10.2 Å². The van der Waals surface area contributed by atoms with Gasteiger partial charge >= 0.3 is 0 Å². The van der Waals surface area contributed by atoms with E-state index in [9.17, 15) is 4.79 Å². The topological polar surface area (TPSA) is 59.4 Å². The zero-order valence-corrected chi connectivity index (χ0v) is 16.1. The molecule has 1 aromatic heterocycles. The number of ether oxygens (including phenoxy) is 1. The van der Waals surface area contributed by atoms with E-state index >= 15 is 0 Å². The maximum absolute atomic E-state index is 12.8. The fourth-order valence-electron chi connectivity index (χ4n) is 3.23. The van der Waals surface area contributed by atoms with Crippen molar-refractivity contribution in [1.82, 2.24) is 9.78 Å². The lowest BCUT2D eigenvalue weighted by atomic mass is 10.1. The van der Waals surface area contributed by atoms with Gasteiger partial charge in [0.15, 0.2) is 0 Å². The number of carbonyl (C=O) groups is 1. The van der Waals surface area contributed by atoms with Gasteiger partial charge < -0.3 is 15.0 Å². The molecule has 1 N–H and O–H groups in total. The van der Waals surface area contributed by atoms with Gasteiger partial charge in [0.1, 0.15) is 0 Å². The second kappa shape index (κ2) is 8.46. The van der Waals surface area contributed by atoms with Crippen molar-refractivity contribution in [2.45, 2.75) is 6.54 Å². The third kappa shape index (κ3) is 4.35. The first-order valence-electron chi connectivity index (χ1n) is 9.19. The van der Waals surface area contributed by atoms with Crippen LogP contribution in [0.3, 0.4) is 0 Å². The average Bonchev–Trinajstić information content (AvgIpc) is 3.22. The molecule has 144 valence electrons. The van der Waals surface area contributed by atoms with E-state index in [0.29, 0.717) is 36.0 Å². The maximum Gasteiger partial charge on any atom is 0.255 e. The van der Waals surface area contributed by atoms with Crippen LogP contribution in [0.25, 0.3) is 0 Å². The summed E-state index contributed by atoms with van der Waals surface area (Å²) < 4.78 is 7.27. The quantitative estimate of drug-likeness (QED) is 0.714. The number of carbonyl (C=O) groups excluding carboxylic acids is 1. The summed E-state index contributed by atoms with van der Waals surface area (Å²) in [5, 5.41) is 7.79. The van der Waals surface area contributed by atoms with E-state index in [0.717, 1.165) is 24.3 Å². The van der Waals surface area contributed by atoms with Gasteiger partial charge in [-0.1, -0.05) is 23.7 Å². The maximum atomic E-state index is 12.8. The number of nitrogens with zero attached hydrogens (tertiary/aromatic N) is 3. The Hall–Kier alpha value is -2.83. The standard InChI is InChI=1S/C21H21ClN4O2/c22-18-6-7-20(25-10-12-28-13-11-25)19(14-18)24-21(27)17-4-2-16(3-5-17)15-26-9-1-8-23-26/h1-9,14H,10-13,15H2,(H,24,27). The van der Waals surface area contributed by atoms with Crippen LogP contribution in [0, 0.1) is 0 Å². The second-order valence-electron chi connectivity index (χ2n) is 6.62. The van der Waals surface area contributed by atoms with Crippen LogP contribution >= 0.6 is 11.6 Å². The molecule has 1 amide bonds. The lowest BCUT2D eigenvalue weighted by Crippen LogP contribution is -2.36. The molecule has 4 rings (SSSR count). The van der Waals surface area contributed by atoms with Gasteiger partial charge in [0, 0.05) is 36.1 Å². The van der Waals surface area contributed by atoms with Gasteiger partial charge in [-0.2, -0.15) is 5.10 Å². The smallest absolute Gasteiger partial charge is 0.255 e. The van der Waals surface area contributed by atoms with Crippen molar-refractivity contribution in [1.29, 1.82) is 0 Å². The highest BCUT2D eigenvalue weighted by molar-refractivity contribution is 6.31. The van der Waals surface area contributed by atoms with Crippen molar-refractivity contribution in [3.05, 3.63) is 77.1 Å². The number of amides is 1. The lowest BCUT2D eigenvalue weighted by Gasteiger charge is -2.30. The molecule has 0 atom stereocenters. The minimum absolute atomic E-state index is 0.164. The summed E-state index contributed by atoms with van der Waals surface area (Å²) in [7, 11) is 0. The monoisotopic (exact) mass is 396 g/mol. The Kier molecular flexibility index (Phi) is 5.60. The number of halogens is 1. The lowest BCUT2D eigenvalue weighted by molar-refractivity contribution is 0.102. The molecule has 1 aliphatic heterocycles. The molecule has 6 nitrogen and oxygen atoms in total. The van der Waals surface area contributed by atoms with E-state index in [1.54, 1.807) is 12.3 Å². The molecule has 0 saturated carbocycles. The number of rotatable bonds is 5. The molecule has 0 unspecified atom stereocenters. The molecular weight excluding hydrogens is 376 g/mol. The first-order chi connectivity index (χ1) is 13.7. The molecule has 0 aliphatic carbocycles. The highest BCUT2D eigenvalue weighted by atomic mass is 35.5. The fraction of sp³-hybridized carbons (Fsp3) is 0.238. The third-order valence-corrected chi connectivity index (χ3v) is 4.91. The summed E-state index contributed by atoms with van der Waals surface area (Å²) in [4.78, 5) is 15.0. The van der Waals surface area contributed by atoms with Crippen molar-refractivity contribution in [3.63, 3.8) is 0 Å². The zero-order valence-electron chi connectivity index (χ0n) is 15.3. The molecule has 1 aliphatic rings. The second-order valence-corrected chi connectivity index (χ2v) is 7.05. The predicted molar refractivity (Wildman–Crippen MR) is 110 cm³/mol. The number of benzene rings is 2. The number of morpholine rings is 1. The highest BCUT2D eigenvalue weighted by Gasteiger charge is 2.17. The van der Waals surface area contributed by atoms with E-state index in [1.807, 2.05) is 53.3 Å². The number of aromatic nitrogens is 2. The van der Waals surface area contributed by atoms with Crippen LogP contribution in [0.5, 0.6) is 0 Å². The molecule has 7 heteroatoms. The third-order valence-electron chi connectivity index (χ3n) is 4.68. The molecule has 2 aromatic carbocycles. The first kappa shape index (κ1) is 18.5. The van der Waals surface area contributed by atoms with Gasteiger partial charge in [-0.15, -0.1) is 0 Å². The van der Waals surface area contributed by atoms with E-state index in [2.05, 4.69) is 15.3 Å². The van der Waals surface area contributed by atoms with Crippen LogP contribution in [0.2, 0.25) is 5.02 Å². The minimum Gasteiger partial charge on any atom is -0.378 e. The van der Waals surface area contributed by atoms with Crippen molar-refractivity contribution in [2.75, 3.05) is 36.5 Å². The zero-order chi connectivity index (χ0) is 19.3. The van der Waals surface area contributed by atoms with Crippen molar-refractivity contribution in [3.8, 4) is 0 Å². The summed E-state index contributed by atoms with van der Waals surface area (Å²) in [5.74, 6) is -0.164. The molecule has 1 fully saturated rings. The van der Waals surface area contributed by atoms with Gasteiger partial charge in [-0.3, -0.25) is 9.48 Å². The van der Waals surface area contributed by atoms with E-state index in [4.69, 9.17) is 16.3 Å². The highest BCUT2D eigenvalue weighted by Crippen LogP contribution is 2.30. The molecule has 2 heterocycles. The number of hydrogen-bond acceptors (Lipinski definition) is 4. The summed E-state index contributed by atoms with van der Waals surface area (Å²) in [5.41, 5.74) is 3.34. The SMILES string of the molecule is O=C(Nc1cc(Cl)ccc1N1CCOCC1)c1ccc(Cn2cccn2)cc1. The number of hydrogen-bond donors (Lipinski definition) is 1. The number of nitrogens with one attached hydrogen (secondary N) is 1. The first-order valence-corrected chi connectivity index (χ1v) is 9.57. The summed E-state index contributed by atoms with van der Waals surface area (Å²) in [6.07, 6.45) is 3.66. The van der Waals surface area contributed by atoms with Gasteiger partial charge in [0.05, 0.1) is 31.1 Å². The van der Waals surface area contributed by atoms with Gasteiger partial charge in [-0.25, -0.2) is 0 Å². The molecule has 0 bridgehead atoms. The van der Waals surface area contributed by atoms with E-state index in [1.165, 1.54) is 0 Å². The molecule has 0 spiro atoms. The predicted octanol–water partition coefficient (Wildman–Crippen LogP) is 3.67. The van der Waals surface area contributed by atoms with Gasteiger partial charge in [0.2, 0.25) is 0 Å². The van der Waals surface area contributed by atoms with E-state index < -0.39 is 0 Å². The average molecular weight is 397 g/mol. The number of anilines is 2. The summed E-state index contributed by atoms with van der Waals surface area (Å²) in [6.45, 7) is 3.59. The largest absolute Gasteiger partial charge is 0.378 e. The summed E-state index contributed by atoms with van der Waals surface area (Å²) >= 11 is 6.17. The fourth-order valence-corrected chi connectivity index (χ4v) is 3.40. The van der Waals surface area contributed by atoms with Crippen LogP contribution in [0.4, 0.5) is 11.4 Å². The van der Waals surface area contributed by atoms with Crippen molar-refractivity contribution < 1.29 is 9.53 Å². The minimum atomic E-state index is -0.164. The summed E-state index contributed by atoms with van der Waals surface area (Å²) in [6, 6.07) is 15.0. The van der Waals surface area contributed by atoms with Crippen LogP contribution in [0.15, 0.2) is 60.9 Å². The molecular formula is C21H21ClN4O2. The molecule has 3 aromatic rings. The molecule has 28 heavy (non-hydrogen) atoms. The Labute approximate surface area is 168 Å². The molecule has 0 radical (unpaired) electrons. The Morgan fingerprint density at radius 3 is 2.64 bits per heavy atom. The Morgan fingerprint density at radius 1 is 1.14 bits per heavy atom. The normalized spacial score (nSPS) is 14.1.